The number of rotatable bonds is 1. The molecule has 0 aliphatic carbocycles. The Morgan fingerprint density at radius 2 is 1.90 bits per heavy atom. The standard InChI is InChI=1S/C19H15NO/c1-12-6-8-14-15-4-3-5-16(19(15)21-18(14)10-12)17-9-7-13(2)11-20-17/h3-11H,1-2H3/i2D2. The van der Waals surface area contributed by atoms with E-state index < -0.39 is 6.88 Å². The van der Waals surface area contributed by atoms with Gasteiger partial charge in [0.1, 0.15) is 11.2 Å². The summed E-state index contributed by atoms with van der Waals surface area (Å²) in [4.78, 5) is 4.41. The Bertz CT molecular complexity index is 1000. The summed E-state index contributed by atoms with van der Waals surface area (Å²) < 4.78 is 20.9. The Morgan fingerprint density at radius 3 is 2.71 bits per heavy atom. The summed E-state index contributed by atoms with van der Waals surface area (Å²) in [6.07, 6.45) is 1.59. The topological polar surface area (TPSA) is 26.0 Å². The first-order chi connectivity index (χ1) is 11.1. The van der Waals surface area contributed by atoms with Crippen LogP contribution in [0.3, 0.4) is 0 Å². The van der Waals surface area contributed by atoms with Crippen LogP contribution in [0.5, 0.6) is 0 Å². The maximum absolute atomic E-state index is 7.43. The van der Waals surface area contributed by atoms with E-state index in [0.717, 1.165) is 38.8 Å². The van der Waals surface area contributed by atoms with Crippen LogP contribution in [-0.2, 0) is 0 Å². The van der Waals surface area contributed by atoms with Crippen molar-refractivity contribution in [3.05, 3.63) is 65.9 Å². The lowest BCUT2D eigenvalue weighted by Gasteiger charge is -2.02. The highest BCUT2D eigenvalue weighted by molar-refractivity contribution is 6.09. The summed E-state index contributed by atoms with van der Waals surface area (Å²) in [6.45, 7) is 1.04. The van der Waals surface area contributed by atoms with Gasteiger partial charge in [0, 0.05) is 25.3 Å². The normalized spacial score (nSPS) is 12.9. The molecule has 0 bridgehead atoms. The number of aryl methyl sites for hydroxylation is 2. The van der Waals surface area contributed by atoms with Gasteiger partial charge in [0.2, 0.25) is 0 Å². The molecule has 2 aromatic heterocycles. The Morgan fingerprint density at radius 1 is 1.00 bits per heavy atom. The minimum Gasteiger partial charge on any atom is -0.455 e. The smallest absolute Gasteiger partial charge is 0.144 e. The van der Waals surface area contributed by atoms with Crippen LogP contribution in [-0.4, -0.2) is 4.98 Å². The van der Waals surface area contributed by atoms with E-state index in [9.17, 15) is 0 Å². The lowest BCUT2D eigenvalue weighted by atomic mass is 10.1. The zero-order valence-corrected chi connectivity index (χ0v) is 11.6. The first-order valence-corrected chi connectivity index (χ1v) is 6.86. The van der Waals surface area contributed by atoms with Crippen LogP contribution in [0.25, 0.3) is 33.2 Å². The summed E-state index contributed by atoms with van der Waals surface area (Å²) in [5.74, 6) is 0. The van der Waals surface area contributed by atoms with Gasteiger partial charge >= 0.3 is 0 Å². The van der Waals surface area contributed by atoms with Crippen molar-refractivity contribution in [3.8, 4) is 11.3 Å². The number of benzene rings is 2. The van der Waals surface area contributed by atoms with Crippen molar-refractivity contribution in [2.24, 2.45) is 0 Å². The molecule has 4 aromatic rings. The van der Waals surface area contributed by atoms with Crippen LogP contribution in [0.15, 0.2) is 59.1 Å². The number of furan rings is 1. The van der Waals surface area contributed by atoms with Gasteiger partial charge in [-0.1, -0.05) is 30.3 Å². The number of aromatic nitrogens is 1. The molecule has 0 spiro atoms. The maximum atomic E-state index is 7.43. The predicted molar refractivity (Wildman–Crippen MR) is 86.4 cm³/mol. The van der Waals surface area contributed by atoms with Crippen molar-refractivity contribution in [3.63, 3.8) is 0 Å². The van der Waals surface area contributed by atoms with Gasteiger partial charge in [0.05, 0.1) is 5.69 Å². The van der Waals surface area contributed by atoms with Crippen molar-refractivity contribution in [1.29, 1.82) is 0 Å². The van der Waals surface area contributed by atoms with E-state index in [0.29, 0.717) is 5.56 Å². The Balaban J connectivity index is 1.94. The van der Waals surface area contributed by atoms with E-state index in [1.807, 2.05) is 31.2 Å². The van der Waals surface area contributed by atoms with E-state index >= 15 is 0 Å². The molecule has 0 fully saturated rings. The molecule has 2 heteroatoms. The summed E-state index contributed by atoms with van der Waals surface area (Å²) in [6, 6.07) is 15.9. The first kappa shape index (κ1) is 10.2. The monoisotopic (exact) mass is 275 g/mol. The van der Waals surface area contributed by atoms with Gasteiger partial charge < -0.3 is 4.42 Å². The second kappa shape index (κ2) is 4.45. The van der Waals surface area contributed by atoms with Gasteiger partial charge in [-0.3, -0.25) is 4.98 Å². The first-order valence-electron chi connectivity index (χ1n) is 8.01. The molecular weight excluding hydrogens is 258 g/mol. The molecule has 0 aliphatic rings. The lowest BCUT2D eigenvalue weighted by Crippen LogP contribution is -1.84. The number of para-hydroxylation sites is 1. The van der Waals surface area contributed by atoms with Crippen LogP contribution in [0, 0.1) is 13.8 Å². The molecule has 102 valence electrons. The number of pyridine rings is 1. The minimum absolute atomic E-state index is 0.584. The molecule has 0 saturated carbocycles. The summed E-state index contributed by atoms with van der Waals surface area (Å²) in [7, 11) is 0. The molecule has 4 rings (SSSR count). The molecule has 0 saturated heterocycles. The number of hydrogen-bond acceptors (Lipinski definition) is 2. The van der Waals surface area contributed by atoms with Crippen molar-refractivity contribution in [2.75, 3.05) is 0 Å². The largest absolute Gasteiger partial charge is 0.455 e. The van der Waals surface area contributed by atoms with Crippen molar-refractivity contribution >= 4 is 21.9 Å². The van der Waals surface area contributed by atoms with Crippen LogP contribution in [0.2, 0.25) is 0 Å². The Kier molecular flexibility index (Phi) is 2.16. The highest BCUT2D eigenvalue weighted by Crippen LogP contribution is 2.35. The molecule has 21 heavy (non-hydrogen) atoms. The molecule has 0 aliphatic heterocycles. The summed E-state index contributed by atoms with van der Waals surface area (Å²) >= 11 is 0. The SMILES string of the molecule is [2H]C([2H])c1ccc(-c2cccc3c2oc2cc(C)ccc23)nc1. The van der Waals surface area contributed by atoms with Gasteiger partial charge in [0.15, 0.2) is 0 Å². The third-order valence-electron chi connectivity index (χ3n) is 3.72. The average molecular weight is 275 g/mol. The third kappa shape index (κ3) is 1.91. The van der Waals surface area contributed by atoms with Crippen LogP contribution >= 0.6 is 0 Å². The number of nitrogens with zero attached hydrogens (tertiary/aromatic N) is 1. The van der Waals surface area contributed by atoms with Crippen LogP contribution in [0.1, 0.15) is 13.9 Å². The van der Waals surface area contributed by atoms with Crippen molar-refractivity contribution in [1.82, 2.24) is 4.98 Å². The Hall–Kier alpha value is -2.61. The zero-order valence-electron chi connectivity index (χ0n) is 13.6. The molecular formula is C19H15NO. The van der Waals surface area contributed by atoms with Crippen molar-refractivity contribution in [2.45, 2.75) is 13.8 Å². The van der Waals surface area contributed by atoms with E-state index in [1.54, 1.807) is 12.3 Å². The van der Waals surface area contributed by atoms with Gasteiger partial charge in [-0.05, 0) is 43.1 Å². The van der Waals surface area contributed by atoms with Gasteiger partial charge in [-0.2, -0.15) is 0 Å². The van der Waals surface area contributed by atoms with E-state index in [4.69, 9.17) is 7.16 Å². The van der Waals surface area contributed by atoms with E-state index in [-0.39, 0.29) is 0 Å². The molecule has 2 nitrogen and oxygen atoms in total. The van der Waals surface area contributed by atoms with Crippen molar-refractivity contribution < 1.29 is 7.16 Å². The number of fused-ring (bicyclic) bond motifs is 3. The summed E-state index contributed by atoms with van der Waals surface area (Å²) in [5.41, 5.74) is 5.16. The molecule has 2 aromatic carbocycles. The molecule has 2 heterocycles. The fourth-order valence-corrected chi connectivity index (χ4v) is 2.67. The lowest BCUT2D eigenvalue weighted by molar-refractivity contribution is 0.669. The molecule has 0 N–H and O–H groups in total. The minimum atomic E-state index is -1.01. The highest BCUT2D eigenvalue weighted by atomic mass is 16.3. The van der Waals surface area contributed by atoms with Crippen LogP contribution < -0.4 is 0 Å². The third-order valence-corrected chi connectivity index (χ3v) is 3.72. The van der Waals surface area contributed by atoms with Crippen LogP contribution in [0.4, 0.5) is 0 Å². The second-order valence-corrected chi connectivity index (χ2v) is 5.26. The van der Waals surface area contributed by atoms with Gasteiger partial charge in [-0.25, -0.2) is 0 Å². The van der Waals surface area contributed by atoms with E-state index in [1.165, 1.54) is 0 Å². The Labute approximate surface area is 125 Å². The maximum Gasteiger partial charge on any atom is 0.144 e. The molecule has 0 amide bonds. The van der Waals surface area contributed by atoms with Gasteiger partial charge in [-0.15, -0.1) is 0 Å². The van der Waals surface area contributed by atoms with Gasteiger partial charge in [0.25, 0.3) is 0 Å². The van der Waals surface area contributed by atoms with E-state index in [2.05, 4.69) is 23.2 Å². The molecule has 0 radical (unpaired) electrons. The second-order valence-electron chi connectivity index (χ2n) is 5.26. The predicted octanol–water partition coefficient (Wildman–Crippen LogP) is 5.26. The quantitative estimate of drug-likeness (QED) is 0.473. The zero-order chi connectivity index (χ0) is 16.0. The molecule has 0 atom stereocenters. The average Bonchev–Trinajstić information content (AvgIpc) is 2.92. The number of hydrogen-bond donors (Lipinski definition) is 0. The highest BCUT2D eigenvalue weighted by Gasteiger charge is 2.12. The fraction of sp³-hybridized carbons (Fsp3) is 0.105. The fourth-order valence-electron chi connectivity index (χ4n) is 2.67. The molecule has 0 unspecified atom stereocenters. The summed E-state index contributed by atoms with van der Waals surface area (Å²) in [5, 5.41) is 2.17.